The van der Waals surface area contributed by atoms with E-state index in [1.165, 1.54) is 73.2 Å². The van der Waals surface area contributed by atoms with Crippen molar-refractivity contribution >= 4 is 12.6 Å². The van der Waals surface area contributed by atoms with E-state index in [9.17, 15) is 9.90 Å². The lowest BCUT2D eigenvalue weighted by Crippen LogP contribution is -2.17. The number of rotatable bonds is 16. The number of aldehydes is 2. The number of allylic oxidation sites excluding steroid dienone is 5. The van der Waals surface area contributed by atoms with Crippen molar-refractivity contribution in [2.24, 2.45) is 17.1 Å². The van der Waals surface area contributed by atoms with Gasteiger partial charge in [0.15, 0.2) is 0 Å². The maximum Gasteiger partial charge on any atom is 0.126 e. The second-order valence-corrected chi connectivity index (χ2v) is 16.9. The van der Waals surface area contributed by atoms with Crippen molar-refractivity contribution in [2.45, 2.75) is 177 Å². The number of aliphatic hydroxyl groups excluding tert-OH is 2. The molecule has 3 aromatic carbocycles. The Hall–Kier alpha value is -4.46. The van der Waals surface area contributed by atoms with Crippen LogP contribution in [0.15, 0.2) is 120 Å². The molecule has 7 nitrogen and oxygen atoms in total. The predicted octanol–water partition coefficient (Wildman–Crippen LogP) is 15.6. The predicted molar refractivity (Wildman–Crippen MR) is 283 cm³/mol. The van der Waals surface area contributed by atoms with Crippen molar-refractivity contribution < 1.29 is 29.3 Å². The quantitative estimate of drug-likeness (QED) is 0.122. The molecule has 372 valence electrons. The first-order chi connectivity index (χ1) is 32.0. The van der Waals surface area contributed by atoms with Crippen LogP contribution in [0.1, 0.15) is 188 Å². The lowest BCUT2D eigenvalue weighted by molar-refractivity contribution is -0.116. The zero-order valence-electron chi connectivity index (χ0n) is 43.5. The zero-order valence-corrected chi connectivity index (χ0v) is 43.5. The van der Waals surface area contributed by atoms with Crippen molar-refractivity contribution in [3.8, 4) is 5.75 Å². The molecule has 0 amide bonds. The molecular formula is C59H95NO6. The Morgan fingerprint density at radius 1 is 0.727 bits per heavy atom. The van der Waals surface area contributed by atoms with Gasteiger partial charge in [-0.3, -0.25) is 0 Å². The molecule has 2 fully saturated rings. The lowest BCUT2D eigenvalue weighted by atomic mass is 9.83. The number of aliphatic hydroxyl groups is 2. The Morgan fingerprint density at radius 2 is 1.29 bits per heavy atom. The van der Waals surface area contributed by atoms with Crippen LogP contribution in [-0.2, 0) is 20.7 Å². The maximum absolute atomic E-state index is 10.7. The topological polar surface area (TPSA) is 119 Å². The molecule has 3 aliphatic rings. The highest BCUT2D eigenvalue weighted by Gasteiger charge is 2.32. The van der Waals surface area contributed by atoms with Crippen LogP contribution >= 0.6 is 0 Å². The highest BCUT2D eigenvalue weighted by atomic mass is 16.5. The van der Waals surface area contributed by atoms with E-state index in [0.717, 1.165) is 89.5 Å². The van der Waals surface area contributed by atoms with E-state index in [0.29, 0.717) is 30.1 Å². The number of benzene rings is 3. The summed E-state index contributed by atoms with van der Waals surface area (Å²) in [4.78, 5) is 19.5. The van der Waals surface area contributed by atoms with E-state index in [-0.39, 0.29) is 5.41 Å². The van der Waals surface area contributed by atoms with Gasteiger partial charge in [-0.2, -0.15) is 0 Å². The van der Waals surface area contributed by atoms with Crippen molar-refractivity contribution in [2.75, 3.05) is 26.9 Å². The van der Waals surface area contributed by atoms with Gasteiger partial charge in [0, 0.05) is 32.2 Å². The molecule has 0 aromatic heterocycles. The Morgan fingerprint density at radius 3 is 1.67 bits per heavy atom. The number of carbonyl (C=O) groups is 2. The van der Waals surface area contributed by atoms with E-state index in [4.69, 9.17) is 25.1 Å². The molecule has 0 bridgehead atoms. The molecule has 4 N–H and O–H groups in total. The Labute approximate surface area is 404 Å². The SMILES string of the molecule is CC.CC(CC1=CC=C(O)CC1)c1ccccc1.CC=O.CCC(CO)Cc1ccc(C(C)CC)cc1.CCCC1(C=O)CCCC1.CCCOC.CCOc1ccccc1.NC=C1CC1. The van der Waals surface area contributed by atoms with E-state index >= 15 is 0 Å². The Balaban J connectivity index is 0. The van der Waals surface area contributed by atoms with Gasteiger partial charge in [-0.25, -0.2) is 0 Å². The largest absolute Gasteiger partial charge is 0.512 e. The standard InChI is InChI=1S/C15H18O.C15H24O.C9H16O.C8H10O.C4H7N.C4H10O.C2H4O.C2H6/c1-12(14-5-3-2-4-6-14)11-13-7-9-15(16)10-8-13;1-4-12(3)15-8-6-14(7-9-15)10-13(5-2)11-16;1-2-5-9(8-10)6-3-4-7-9;1-2-9-8-6-4-3-5-7-8;5-3-4-1-2-4;1-3-4-5-2;1-2-3;1-2/h2-7,9,12,16H,8,10-11H2,1H3;6-9,12-13,16H,4-5,10-11H2,1-3H3;8H,2-7H2,1H3;3-7H,2H2,1H3;3H,1-2,5H2;3-4H2,1-2H3;2H,1H3;1-2H3. The van der Waals surface area contributed by atoms with Gasteiger partial charge < -0.3 is 35.0 Å². The van der Waals surface area contributed by atoms with Crippen LogP contribution in [0.2, 0.25) is 0 Å². The smallest absolute Gasteiger partial charge is 0.126 e. The summed E-state index contributed by atoms with van der Waals surface area (Å²) >= 11 is 0. The first-order valence-electron chi connectivity index (χ1n) is 25.2. The molecule has 6 rings (SSSR count). The molecule has 0 saturated heterocycles. The third kappa shape index (κ3) is 32.3. The average Bonchev–Trinajstić information content (AvgIpc) is 4.10. The van der Waals surface area contributed by atoms with Crippen molar-refractivity contribution in [3.63, 3.8) is 0 Å². The minimum Gasteiger partial charge on any atom is -0.512 e. The first kappa shape index (κ1) is 63.6. The van der Waals surface area contributed by atoms with E-state index in [1.807, 2.05) is 57.2 Å². The molecule has 0 spiro atoms. The van der Waals surface area contributed by atoms with Crippen LogP contribution in [0.25, 0.3) is 0 Å². The average molecular weight is 914 g/mol. The van der Waals surface area contributed by atoms with Crippen LogP contribution in [0.4, 0.5) is 0 Å². The van der Waals surface area contributed by atoms with Crippen LogP contribution in [0, 0.1) is 11.3 Å². The Bertz CT molecular complexity index is 1630. The molecule has 2 saturated carbocycles. The third-order valence-electron chi connectivity index (χ3n) is 11.5. The third-order valence-corrected chi connectivity index (χ3v) is 11.5. The molecule has 7 heteroatoms. The molecule has 0 radical (unpaired) electrons. The fourth-order valence-corrected chi connectivity index (χ4v) is 7.15. The highest BCUT2D eigenvalue weighted by molar-refractivity contribution is 5.59. The zero-order chi connectivity index (χ0) is 49.9. The van der Waals surface area contributed by atoms with Crippen molar-refractivity contribution in [1.29, 1.82) is 0 Å². The highest BCUT2D eigenvalue weighted by Crippen LogP contribution is 2.39. The van der Waals surface area contributed by atoms with Gasteiger partial charge in [0.05, 0.1) is 12.4 Å². The summed E-state index contributed by atoms with van der Waals surface area (Å²) in [7, 11) is 1.71. The molecule has 0 aliphatic heterocycles. The van der Waals surface area contributed by atoms with Gasteiger partial charge in [0.25, 0.3) is 0 Å². The minimum atomic E-state index is 0.106. The summed E-state index contributed by atoms with van der Waals surface area (Å²) in [5.41, 5.74) is 12.2. The number of hydrogen-bond donors (Lipinski definition) is 3. The second-order valence-electron chi connectivity index (χ2n) is 16.9. The monoisotopic (exact) mass is 914 g/mol. The molecule has 66 heavy (non-hydrogen) atoms. The molecule has 3 aromatic rings. The van der Waals surface area contributed by atoms with Crippen LogP contribution < -0.4 is 10.5 Å². The second kappa shape index (κ2) is 43.1. The van der Waals surface area contributed by atoms with Gasteiger partial charge in [0.1, 0.15) is 18.3 Å². The lowest BCUT2D eigenvalue weighted by Gasteiger charge is -2.19. The summed E-state index contributed by atoms with van der Waals surface area (Å²) in [6, 6.07) is 29.3. The van der Waals surface area contributed by atoms with Gasteiger partial charge in [-0.15, -0.1) is 0 Å². The van der Waals surface area contributed by atoms with Crippen molar-refractivity contribution in [3.05, 3.63) is 137 Å². The van der Waals surface area contributed by atoms with Crippen LogP contribution in [-0.4, -0.2) is 49.7 Å². The summed E-state index contributed by atoms with van der Waals surface area (Å²) in [5.74, 6) is 3.07. The van der Waals surface area contributed by atoms with Gasteiger partial charge in [-0.1, -0.05) is 171 Å². The van der Waals surface area contributed by atoms with Gasteiger partial charge >= 0.3 is 0 Å². The summed E-state index contributed by atoms with van der Waals surface area (Å²) < 4.78 is 9.90. The van der Waals surface area contributed by atoms with E-state index < -0.39 is 0 Å². The fraction of sp³-hybridized carbons (Fsp3) is 0.559. The minimum absolute atomic E-state index is 0.106. The fourth-order valence-electron chi connectivity index (χ4n) is 7.15. The molecule has 3 aliphatic carbocycles. The van der Waals surface area contributed by atoms with Gasteiger partial charge in [0.2, 0.25) is 0 Å². The normalized spacial score (nSPS) is 14.9. The molecule has 0 heterocycles. The van der Waals surface area contributed by atoms with Gasteiger partial charge in [-0.05, 0) is 137 Å². The Kier molecular flexibility index (Phi) is 41.6. The number of methoxy groups -OCH3 is 1. The molecular weight excluding hydrogens is 819 g/mol. The van der Waals surface area contributed by atoms with E-state index in [1.54, 1.807) is 13.3 Å². The summed E-state index contributed by atoms with van der Waals surface area (Å²) in [6.07, 6.45) is 24.3. The number of hydrogen-bond acceptors (Lipinski definition) is 7. The number of ether oxygens (including phenoxy) is 2. The molecule has 3 unspecified atom stereocenters. The number of carbonyl (C=O) groups excluding carboxylic acids is 2. The summed E-state index contributed by atoms with van der Waals surface area (Å²) in [5, 5.41) is 18.5. The number of para-hydroxylation sites is 1. The van der Waals surface area contributed by atoms with E-state index in [2.05, 4.69) is 102 Å². The molecule has 3 atom stereocenters. The summed E-state index contributed by atoms with van der Waals surface area (Å²) in [6.45, 7) is 22.5. The van der Waals surface area contributed by atoms with Crippen molar-refractivity contribution in [1.82, 2.24) is 0 Å². The van der Waals surface area contributed by atoms with Crippen LogP contribution in [0.5, 0.6) is 5.75 Å². The first-order valence-corrected chi connectivity index (χ1v) is 25.2. The van der Waals surface area contributed by atoms with Crippen LogP contribution in [0.3, 0.4) is 0 Å². The maximum atomic E-state index is 10.7. The number of nitrogens with two attached hydrogens (primary N) is 1.